The first-order valence-corrected chi connectivity index (χ1v) is 6.58. The maximum atomic E-state index is 11.8. The zero-order valence-corrected chi connectivity index (χ0v) is 12.4. The maximum absolute atomic E-state index is 11.8. The summed E-state index contributed by atoms with van der Waals surface area (Å²) in [6.45, 7) is 7.68. The highest BCUT2D eigenvalue weighted by Crippen LogP contribution is 2.29. The van der Waals surface area contributed by atoms with Crippen molar-refractivity contribution in [2.75, 3.05) is 11.9 Å². The van der Waals surface area contributed by atoms with Gasteiger partial charge in [-0.05, 0) is 24.0 Å². The number of carbonyl (C=O) groups is 2. The molecule has 20 heavy (non-hydrogen) atoms. The smallest absolute Gasteiger partial charge is 0.313 e. The van der Waals surface area contributed by atoms with E-state index in [2.05, 4.69) is 10.6 Å². The van der Waals surface area contributed by atoms with Crippen molar-refractivity contribution in [1.82, 2.24) is 5.32 Å². The normalized spacial score (nSPS) is 12.7. The third-order valence-corrected chi connectivity index (χ3v) is 2.75. The van der Waals surface area contributed by atoms with Crippen molar-refractivity contribution < 1.29 is 14.7 Å². The Morgan fingerprint density at radius 1 is 1.20 bits per heavy atom. The predicted octanol–water partition coefficient (Wildman–Crippen LogP) is 1.42. The Morgan fingerprint density at radius 3 is 2.35 bits per heavy atom. The number of aliphatic hydroxyl groups is 1. The number of anilines is 1. The predicted molar refractivity (Wildman–Crippen MR) is 78.5 cm³/mol. The molecule has 110 valence electrons. The Morgan fingerprint density at radius 2 is 1.80 bits per heavy atom. The molecule has 0 aliphatic heterocycles. The number of hydrogen-bond donors (Lipinski definition) is 3. The molecule has 0 aliphatic carbocycles. The first-order chi connectivity index (χ1) is 9.21. The van der Waals surface area contributed by atoms with Crippen molar-refractivity contribution >= 4 is 17.5 Å². The third-order valence-electron chi connectivity index (χ3n) is 2.75. The molecule has 1 aromatic rings. The van der Waals surface area contributed by atoms with Gasteiger partial charge in [-0.25, -0.2) is 0 Å². The third kappa shape index (κ3) is 4.66. The lowest BCUT2D eigenvalue weighted by Gasteiger charge is -2.22. The lowest BCUT2D eigenvalue weighted by Crippen LogP contribution is -2.39. The van der Waals surface area contributed by atoms with Gasteiger partial charge in [-0.2, -0.15) is 0 Å². The summed E-state index contributed by atoms with van der Waals surface area (Å²) in [5.41, 5.74) is 1.44. The summed E-state index contributed by atoms with van der Waals surface area (Å²) in [5.74, 6) is -1.49. The first-order valence-electron chi connectivity index (χ1n) is 6.58. The highest BCUT2D eigenvalue weighted by molar-refractivity contribution is 6.39. The Hall–Kier alpha value is -1.88. The number of rotatable bonds is 3. The van der Waals surface area contributed by atoms with E-state index in [1.54, 1.807) is 12.1 Å². The second kappa shape index (κ2) is 6.52. The van der Waals surface area contributed by atoms with E-state index in [0.29, 0.717) is 5.69 Å². The molecule has 0 aliphatic rings. The van der Waals surface area contributed by atoms with Crippen LogP contribution in [0.5, 0.6) is 0 Å². The van der Waals surface area contributed by atoms with Gasteiger partial charge in [-0.1, -0.05) is 39.0 Å². The molecule has 5 nitrogen and oxygen atoms in total. The van der Waals surface area contributed by atoms with E-state index in [1.807, 2.05) is 32.9 Å². The van der Waals surface area contributed by atoms with Gasteiger partial charge in [0.15, 0.2) is 0 Å². The largest absolute Gasteiger partial charge is 0.392 e. The maximum Gasteiger partial charge on any atom is 0.313 e. The quantitative estimate of drug-likeness (QED) is 0.732. The summed E-state index contributed by atoms with van der Waals surface area (Å²) in [6, 6.07) is 7.38. The lowest BCUT2D eigenvalue weighted by atomic mass is 9.86. The lowest BCUT2D eigenvalue weighted by molar-refractivity contribution is -0.136. The number of aliphatic hydroxyl groups excluding tert-OH is 1. The fourth-order valence-corrected chi connectivity index (χ4v) is 1.75. The first kappa shape index (κ1) is 16.2. The summed E-state index contributed by atoms with van der Waals surface area (Å²) in [5, 5.41) is 14.0. The van der Waals surface area contributed by atoms with E-state index < -0.39 is 17.9 Å². The molecule has 0 heterocycles. The van der Waals surface area contributed by atoms with Crippen molar-refractivity contribution in [1.29, 1.82) is 0 Å². The standard InChI is InChI=1S/C15H22N2O3/c1-10(18)9-16-13(19)14(20)17-12-8-6-5-7-11(12)15(2,3)4/h5-8,10,18H,9H2,1-4H3,(H,16,19)(H,17,20). The molecule has 0 bridgehead atoms. The molecule has 3 N–H and O–H groups in total. The van der Waals surface area contributed by atoms with Crippen molar-refractivity contribution in [2.24, 2.45) is 0 Å². The monoisotopic (exact) mass is 278 g/mol. The second-order valence-electron chi connectivity index (χ2n) is 5.81. The van der Waals surface area contributed by atoms with Crippen molar-refractivity contribution in [2.45, 2.75) is 39.2 Å². The number of nitrogens with one attached hydrogen (secondary N) is 2. The van der Waals surface area contributed by atoms with Crippen LogP contribution in [-0.2, 0) is 15.0 Å². The van der Waals surface area contributed by atoms with E-state index >= 15 is 0 Å². The van der Waals surface area contributed by atoms with Crippen molar-refractivity contribution in [3.8, 4) is 0 Å². The van der Waals surface area contributed by atoms with Crippen LogP contribution in [-0.4, -0.2) is 29.6 Å². The van der Waals surface area contributed by atoms with Crippen LogP contribution in [0.15, 0.2) is 24.3 Å². The van der Waals surface area contributed by atoms with Crippen LogP contribution >= 0.6 is 0 Å². The Bertz CT molecular complexity index is 490. The zero-order chi connectivity index (χ0) is 15.3. The van der Waals surface area contributed by atoms with Crippen LogP contribution < -0.4 is 10.6 Å². The van der Waals surface area contributed by atoms with E-state index in [4.69, 9.17) is 5.11 Å². The van der Waals surface area contributed by atoms with Crippen LogP contribution in [0.3, 0.4) is 0 Å². The second-order valence-corrected chi connectivity index (χ2v) is 5.81. The number of amides is 2. The van der Waals surface area contributed by atoms with E-state index in [0.717, 1.165) is 5.56 Å². The molecule has 0 spiro atoms. The van der Waals surface area contributed by atoms with Gasteiger partial charge in [0.05, 0.1) is 6.10 Å². The highest BCUT2D eigenvalue weighted by Gasteiger charge is 2.20. The number of hydrogen-bond acceptors (Lipinski definition) is 3. The average Bonchev–Trinajstić information content (AvgIpc) is 2.35. The molecule has 1 atom stereocenters. The van der Waals surface area contributed by atoms with Gasteiger partial charge < -0.3 is 15.7 Å². The van der Waals surface area contributed by atoms with Gasteiger partial charge in [0, 0.05) is 12.2 Å². The minimum Gasteiger partial charge on any atom is -0.392 e. The Kier molecular flexibility index (Phi) is 5.27. The molecule has 1 aromatic carbocycles. The summed E-state index contributed by atoms with van der Waals surface area (Å²) < 4.78 is 0. The van der Waals surface area contributed by atoms with Crippen LogP contribution in [0.4, 0.5) is 5.69 Å². The number of benzene rings is 1. The zero-order valence-electron chi connectivity index (χ0n) is 12.4. The minimum absolute atomic E-state index is 0.0488. The minimum atomic E-state index is -0.755. The number of para-hydroxylation sites is 1. The molecule has 0 aromatic heterocycles. The van der Waals surface area contributed by atoms with Gasteiger partial charge in [0.2, 0.25) is 0 Å². The topological polar surface area (TPSA) is 78.4 Å². The van der Waals surface area contributed by atoms with Crippen molar-refractivity contribution in [3.63, 3.8) is 0 Å². The molecule has 0 saturated heterocycles. The van der Waals surface area contributed by atoms with Crippen LogP contribution in [0.25, 0.3) is 0 Å². The number of carbonyl (C=O) groups excluding carboxylic acids is 2. The molecule has 0 fully saturated rings. The summed E-state index contributed by atoms with van der Waals surface area (Å²) in [4.78, 5) is 23.4. The fraction of sp³-hybridized carbons (Fsp3) is 0.467. The van der Waals surface area contributed by atoms with Gasteiger partial charge in [0.25, 0.3) is 0 Å². The Labute approximate surface area is 119 Å². The molecule has 2 amide bonds. The molecular formula is C15H22N2O3. The molecule has 0 radical (unpaired) electrons. The van der Waals surface area contributed by atoms with Crippen LogP contribution in [0, 0.1) is 0 Å². The highest BCUT2D eigenvalue weighted by atomic mass is 16.3. The Balaban J connectivity index is 2.79. The molecular weight excluding hydrogens is 256 g/mol. The van der Waals surface area contributed by atoms with E-state index in [-0.39, 0.29) is 12.0 Å². The van der Waals surface area contributed by atoms with E-state index in [1.165, 1.54) is 6.92 Å². The summed E-state index contributed by atoms with van der Waals surface area (Å²) in [7, 11) is 0. The molecule has 5 heteroatoms. The van der Waals surface area contributed by atoms with Gasteiger partial charge in [-0.3, -0.25) is 9.59 Å². The van der Waals surface area contributed by atoms with Crippen LogP contribution in [0.2, 0.25) is 0 Å². The van der Waals surface area contributed by atoms with Gasteiger partial charge in [0.1, 0.15) is 0 Å². The van der Waals surface area contributed by atoms with Gasteiger partial charge in [-0.15, -0.1) is 0 Å². The average molecular weight is 278 g/mol. The molecule has 0 saturated carbocycles. The van der Waals surface area contributed by atoms with Crippen molar-refractivity contribution in [3.05, 3.63) is 29.8 Å². The summed E-state index contributed by atoms with van der Waals surface area (Å²) in [6.07, 6.45) is -0.686. The summed E-state index contributed by atoms with van der Waals surface area (Å²) >= 11 is 0. The van der Waals surface area contributed by atoms with Gasteiger partial charge >= 0.3 is 11.8 Å². The van der Waals surface area contributed by atoms with E-state index in [9.17, 15) is 9.59 Å². The SMILES string of the molecule is CC(O)CNC(=O)C(=O)Nc1ccccc1C(C)(C)C. The molecule has 1 unspecified atom stereocenters. The van der Waals surface area contributed by atoms with Crippen LogP contribution in [0.1, 0.15) is 33.3 Å². The molecule has 1 rings (SSSR count). The fourth-order valence-electron chi connectivity index (χ4n) is 1.75.